The van der Waals surface area contributed by atoms with E-state index < -0.39 is 5.60 Å². The number of aromatic nitrogens is 3. The van der Waals surface area contributed by atoms with Gasteiger partial charge in [0, 0.05) is 36.6 Å². The smallest absolute Gasteiger partial charge is 0.410 e. The Labute approximate surface area is 258 Å². The molecule has 8 nitrogen and oxygen atoms in total. The van der Waals surface area contributed by atoms with Crippen LogP contribution in [0.2, 0.25) is 0 Å². The highest BCUT2D eigenvalue weighted by Gasteiger charge is 2.28. The van der Waals surface area contributed by atoms with Crippen LogP contribution in [0.15, 0.2) is 48.0 Å². The number of nitrogens with one attached hydrogen (secondary N) is 1. The summed E-state index contributed by atoms with van der Waals surface area (Å²) in [6, 6.07) is 14.6. The molecule has 43 heavy (non-hydrogen) atoms. The maximum absolute atomic E-state index is 12.6. The van der Waals surface area contributed by atoms with Gasteiger partial charge in [0.2, 0.25) is 0 Å². The summed E-state index contributed by atoms with van der Waals surface area (Å²) in [5.41, 5.74) is 6.68. The van der Waals surface area contributed by atoms with Crippen LogP contribution in [0.25, 0.3) is 21.5 Å². The highest BCUT2D eigenvalue weighted by molar-refractivity contribution is 7.16. The largest absolute Gasteiger partial charge is 0.493 e. The van der Waals surface area contributed by atoms with Gasteiger partial charge < -0.3 is 19.7 Å². The molecule has 0 saturated carbocycles. The second-order valence-electron chi connectivity index (χ2n) is 12.2. The summed E-state index contributed by atoms with van der Waals surface area (Å²) < 4.78 is 13.0. The summed E-state index contributed by atoms with van der Waals surface area (Å²) in [6.45, 7) is 14.0. The average Bonchev–Trinajstić information content (AvgIpc) is 3.47. The van der Waals surface area contributed by atoms with Crippen LogP contribution in [0.5, 0.6) is 5.75 Å². The number of aryl methyl sites for hydroxylation is 1. The molecule has 4 aromatic rings. The maximum atomic E-state index is 12.6. The summed E-state index contributed by atoms with van der Waals surface area (Å²) in [6.07, 6.45) is 3.29. The first kappa shape index (κ1) is 30.7. The van der Waals surface area contributed by atoms with Gasteiger partial charge >= 0.3 is 6.09 Å². The molecule has 3 heterocycles. The number of fused-ring (bicyclic) bond motifs is 1. The van der Waals surface area contributed by atoms with Crippen LogP contribution in [-0.4, -0.2) is 51.2 Å². The van der Waals surface area contributed by atoms with E-state index in [1.165, 1.54) is 0 Å². The molecule has 0 spiro atoms. The summed E-state index contributed by atoms with van der Waals surface area (Å²) >= 11 is 1.64. The minimum absolute atomic E-state index is 0.00243. The lowest BCUT2D eigenvalue weighted by Crippen LogP contribution is -2.44. The predicted octanol–water partition coefficient (Wildman–Crippen LogP) is 8.08. The zero-order chi connectivity index (χ0) is 30.6. The molecule has 0 bridgehead atoms. The van der Waals surface area contributed by atoms with Crippen molar-refractivity contribution in [3.8, 4) is 17.0 Å². The van der Waals surface area contributed by atoms with Gasteiger partial charge in [0.25, 0.3) is 0 Å². The van der Waals surface area contributed by atoms with Gasteiger partial charge in [-0.2, -0.15) is 0 Å². The van der Waals surface area contributed by atoms with E-state index >= 15 is 0 Å². The Balaban J connectivity index is 1.28. The van der Waals surface area contributed by atoms with Gasteiger partial charge in [-0.05, 0) is 76.8 Å². The SMILES string of the molecule is CCc1nc(NC(C)c2cccc(OCC3CCCN(C(=O)OC(C)(C)C)C3)c2)c(CC)c(-c2ccc3ncsc3c2)n1. The van der Waals surface area contributed by atoms with E-state index in [0.29, 0.717) is 13.2 Å². The lowest BCUT2D eigenvalue weighted by atomic mass is 9.99. The molecule has 1 fully saturated rings. The van der Waals surface area contributed by atoms with Gasteiger partial charge in [0.15, 0.2) is 0 Å². The molecule has 2 aromatic carbocycles. The molecule has 2 unspecified atom stereocenters. The van der Waals surface area contributed by atoms with Crippen LogP contribution in [0.3, 0.4) is 0 Å². The third kappa shape index (κ3) is 7.63. The second kappa shape index (κ2) is 13.3. The van der Waals surface area contributed by atoms with Crippen LogP contribution in [0.4, 0.5) is 10.6 Å². The van der Waals surface area contributed by atoms with E-state index in [2.05, 4.69) is 61.4 Å². The number of carbonyl (C=O) groups is 1. The van der Waals surface area contributed by atoms with Crippen LogP contribution >= 0.6 is 11.3 Å². The first-order valence-corrected chi connectivity index (χ1v) is 16.2. The van der Waals surface area contributed by atoms with Gasteiger partial charge in [-0.25, -0.2) is 19.7 Å². The fourth-order valence-electron chi connectivity index (χ4n) is 5.45. The van der Waals surface area contributed by atoms with E-state index in [4.69, 9.17) is 19.4 Å². The van der Waals surface area contributed by atoms with Gasteiger partial charge in [-0.3, -0.25) is 0 Å². The van der Waals surface area contributed by atoms with Crippen molar-refractivity contribution in [2.45, 2.75) is 78.9 Å². The molecule has 2 aromatic heterocycles. The van der Waals surface area contributed by atoms with E-state index in [9.17, 15) is 4.79 Å². The number of rotatable bonds is 9. The van der Waals surface area contributed by atoms with Gasteiger partial charge in [-0.15, -0.1) is 11.3 Å². The Hall–Kier alpha value is -3.72. The van der Waals surface area contributed by atoms with E-state index in [0.717, 1.165) is 82.2 Å². The number of hydrogen-bond donors (Lipinski definition) is 1. The van der Waals surface area contributed by atoms with Gasteiger partial charge in [-0.1, -0.05) is 32.0 Å². The summed E-state index contributed by atoms with van der Waals surface area (Å²) in [5, 5.41) is 3.69. The Morgan fingerprint density at radius 1 is 1.14 bits per heavy atom. The maximum Gasteiger partial charge on any atom is 0.410 e. The number of hydrogen-bond acceptors (Lipinski definition) is 8. The number of anilines is 1. The molecular formula is C34H43N5O3S. The predicted molar refractivity (Wildman–Crippen MR) is 174 cm³/mol. The third-order valence-electron chi connectivity index (χ3n) is 7.70. The Morgan fingerprint density at radius 2 is 1.98 bits per heavy atom. The number of amides is 1. The normalized spacial score (nSPS) is 16.2. The van der Waals surface area contributed by atoms with Crippen molar-refractivity contribution < 1.29 is 14.3 Å². The first-order valence-electron chi connectivity index (χ1n) is 15.3. The number of thiazole rings is 1. The topological polar surface area (TPSA) is 89.5 Å². The van der Waals surface area contributed by atoms with Crippen molar-refractivity contribution >= 4 is 33.5 Å². The van der Waals surface area contributed by atoms with Crippen molar-refractivity contribution in [1.82, 2.24) is 19.9 Å². The number of benzene rings is 2. The molecule has 1 N–H and O–H groups in total. The first-order chi connectivity index (χ1) is 20.6. The molecule has 1 aliphatic rings. The van der Waals surface area contributed by atoms with Crippen LogP contribution < -0.4 is 10.1 Å². The number of nitrogens with zero attached hydrogens (tertiary/aromatic N) is 4. The van der Waals surface area contributed by atoms with E-state index in [-0.39, 0.29) is 18.1 Å². The molecule has 228 valence electrons. The number of ether oxygens (including phenoxy) is 2. The lowest BCUT2D eigenvalue weighted by molar-refractivity contribution is 0.0139. The van der Waals surface area contributed by atoms with Crippen molar-refractivity contribution in [1.29, 1.82) is 0 Å². The second-order valence-corrected chi connectivity index (χ2v) is 13.1. The summed E-state index contributed by atoms with van der Waals surface area (Å²) in [5.74, 6) is 2.78. The minimum atomic E-state index is -0.495. The fourth-order valence-corrected chi connectivity index (χ4v) is 6.17. The Kier molecular flexibility index (Phi) is 9.49. The zero-order valence-electron chi connectivity index (χ0n) is 26.1. The molecular weight excluding hydrogens is 558 g/mol. The number of carbonyl (C=O) groups excluding carboxylic acids is 1. The summed E-state index contributed by atoms with van der Waals surface area (Å²) in [4.78, 5) is 28.7. The molecule has 0 aliphatic carbocycles. The van der Waals surface area contributed by atoms with Crippen molar-refractivity contribution in [2.24, 2.45) is 5.92 Å². The van der Waals surface area contributed by atoms with Crippen molar-refractivity contribution in [3.05, 3.63) is 64.9 Å². The van der Waals surface area contributed by atoms with Crippen LogP contribution in [-0.2, 0) is 17.6 Å². The Bertz CT molecular complexity index is 1560. The van der Waals surface area contributed by atoms with E-state index in [1.807, 2.05) is 43.3 Å². The molecule has 5 rings (SSSR count). The number of likely N-dealkylation sites (tertiary alicyclic amines) is 1. The summed E-state index contributed by atoms with van der Waals surface area (Å²) in [7, 11) is 0. The highest BCUT2D eigenvalue weighted by Crippen LogP contribution is 2.33. The number of piperidine rings is 1. The van der Waals surface area contributed by atoms with Crippen molar-refractivity contribution in [3.63, 3.8) is 0 Å². The average molecular weight is 602 g/mol. The van der Waals surface area contributed by atoms with Crippen LogP contribution in [0, 0.1) is 5.92 Å². The molecule has 2 atom stereocenters. The molecule has 9 heteroatoms. The fraction of sp³-hybridized carbons (Fsp3) is 0.471. The molecule has 1 amide bonds. The standard InChI is InChI=1S/C34H43N5O3S/c1-7-27-31(25-14-15-28-29(18-25)43-21-35-28)37-30(8-2)38-32(27)36-22(3)24-12-9-13-26(17-24)41-20-23-11-10-16-39(19-23)33(40)42-34(4,5)6/h9,12-15,17-18,21-23H,7-8,10-11,16,19-20H2,1-6H3,(H,36,37,38). The molecule has 1 aliphatic heterocycles. The monoisotopic (exact) mass is 601 g/mol. The van der Waals surface area contributed by atoms with Crippen LogP contribution in [0.1, 0.15) is 77.4 Å². The van der Waals surface area contributed by atoms with Gasteiger partial charge in [0.1, 0.15) is 23.0 Å². The van der Waals surface area contributed by atoms with Crippen molar-refractivity contribution in [2.75, 3.05) is 25.0 Å². The lowest BCUT2D eigenvalue weighted by Gasteiger charge is -2.34. The van der Waals surface area contributed by atoms with E-state index in [1.54, 1.807) is 11.3 Å². The highest BCUT2D eigenvalue weighted by atomic mass is 32.1. The third-order valence-corrected chi connectivity index (χ3v) is 8.49. The minimum Gasteiger partial charge on any atom is -0.493 e. The molecule has 1 saturated heterocycles. The molecule has 0 radical (unpaired) electrons. The quantitative estimate of drug-likeness (QED) is 0.207. The Morgan fingerprint density at radius 3 is 2.74 bits per heavy atom. The zero-order valence-corrected chi connectivity index (χ0v) is 27.0. The van der Waals surface area contributed by atoms with Gasteiger partial charge in [0.05, 0.1) is 34.1 Å².